The summed E-state index contributed by atoms with van der Waals surface area (Å²) in [5.41, 5.74) is 0.234. The van der Waals surface area contributed by atoms with Crippen LogP contribution in [0.1, 0.15) is 85.5 Å². The summed E-state index contributed by atoms with van der Waals surface area (Å²) in [6.07, 6.45) is 7.25. The summed E-state index contributed by atoms with van der Waals surface area (Å²) in [6.45, 7) is 9.32. The highest BCUT2D eigenvalue weighted by Crippen LogP contribution is 2.69. The second kappa shape index (κ2) is 8.85. The van der Waals surface area contributed by atoms with E-state index in [0.717, 1.165) is 44.9 Å². The molecule has 0 bridgehead atoms. The average Bonchev–Trinajstić information content (AvgIpc) is 3.10. The first-order valence-corrected chi connectivity index (χ1v) is 13.3. The van der Waals surface area contributed by atoms with Crippen molar-refractivity contribution in [1.29, 1.82) is 0 Å². The molecular formula is C27H46O5. The molecule has 12 atom stereocenters. The Morgan fingerprint density at radius 2 is 1.75 bits per heavy atom. The van der Waals surface area contributed by atoms with Gasteiger partial charge >= 0.3 is 5.97 Å². The SMILES string of the molecule is CC[C@H]1[C@@H](O)C2[C@@H]3CC[C@H]([C@H](C)CCC(=O)O)[C@@]3(C)CC[C@@H]2[C@@]2(C)CC(CO)C(O)C[C@@H]12. The summed E-state index contributed by atoms with van der Waals surface area (Å²) in [5, 5.41) is 41.6. The molecule has 4 saturated carbocycles. The molecule has 5 heteroatoms. The Bertz CT molecular complexity index is 696. The van der Waals surface area contributed by atoms with Crippen molar-refractivity contribution in [2.75, 3.05) is 6.61 Å². The summed E-state index contributed by atoms with van der Waals surface area (Å²) < 4.78 is 0. The Balaban J connectivity index is 1.63. The molecule has 0 aromatic carbocycles. The number of hydrogen-bond donors (Lipinski definition) is 4. The highest BCUT2D eigenvalue weighted by atomic mass is 16.4. The van der Waals surface area contributed by atoms with Gasteiger partial charge in [0.25, 0.3) is 0 Å². The van der Waals surface area contributed by atoms with Crippen molar-refractivity contribution < 1.29 is 25.2 Å². The Hall–Kier alpha value is -0.650. The third-order valence-electron chi connectivity index (χ3n) is 11.4. The van der Waals surface area contributed by atoms with E-state index < -0.39 is 12.1 Å². The van der Waals surface area contributed by atoms with Gasteiger partial charge in [0.15, 0.2) is 0 Å². The minimum absolute atomic E-state index is 0.0461. The van der Waals surface area contributed by atoms with E-state index in [0.29, 0.717) is 36.0 Å². The molecule has 3 unspecified atom stereocenters. The number of hydrogen-bond acceptors (Lipinski definition) is 4. The van der Waals surface area contributed by atoms with Crippen molar-refractivity contribution in [3.8, 4) is 0 Å². The van der Waals surface area contributed by atoms with Crippen LogP contribution in [0.3, 0.4) is 0 Å². The van der Waals surface area contributed by atoms with E-state index in [2.05, 4.69) is 27.7 Å². The predicted molar refractivity (Wildman–Crippen MR) is 124 cm³/mol. The van der Waals surface area contributed by atoms with Crippen molar-refractivity contribution in [3.05, 3.63) is 0 Å². The summed E-state index contributed by atoms with van der Waals surface area (Å²) in [7, 11) is 0. The summed E-state index contributed by atoms with van der Waals surface area (Å²) in [6, 6.07) is 0. The Labute approximate surface area is 194 Å². The van der Waals surface area contributed by atoms with Gasteiger partial charge in [-0.25, -0.2) is 0 Å². The number of carboxylic acid groups (broad SMARTS) is 1. The normalized spacial score (nSPS) is 51.4. The highest BCUT2D eigenvalue weighted by Gasteiger charge is 2.65. The lowest BCUT2D eigenvalue weighted by atomic mass is 9.40. The first-order valence-electron chi connectivity index (χ1n) is 13.3. The molecule has 0 aliphatic heterocycles. The number of rotatable bonds is 6. The number of fused-ring (bicyclic) bond motifs is 5. The first kappa shape index (κ1) is 24.5. The van der Waals surface area contributed by atoms with Crippen LogP contribution in [0.25, 0.3) is 0 Å². The van der Waals surface area contributed by atoms with Gasteiger partial charge < -0.3 is 20.4 Å². The zero-order valence-corrected chi connectivity index (χ0v) is 20.5. The fraction of sp³-hybridized carbons (Fsp3) is 0.963. The van der Waals surface area contributed by atoms with Gasteiger partial charge in [0, 0.05) is 18.9 Å². The van der Waals surface area contributed by atoms with Gasteiger partial charge in [0.05, 0.1) is 12.2 Å². The molecule has 0 radical (unpaired) electrons. The minimum Gasteiger partial charge on any atom is -0.481 e. The molecular weight excluding hydrogens is 404 g/mol. The Kier molecular flexibility index (Phi) is 6.77. The van der Waals surface area contributed by atoms with Crippen LogP contribution in [0.5, 0.6) is 0 Å². The fourth-order valence-electron chi connectivity index (χ4n) is 9.87. The predicted octanol–water partition coefficient (Wildman–Crippen LogP) is 4.33. The van der Waals surface area contributed by atoms with Crippen LogP contribution in [-0.2, 0) is 4.79 Å². The topological polar surface area (TPSA) is 98.0 Å². The average molecular weight is 451 g/mol. The lowest BCUT2D eigenvalue weighted by molar-refractivity contribution is -0.214. The monoisotopic (exact) mass is 450 g/mol. The molecule has 5 nitrogen and oxygen atoms in total. The summed E-state index contributed by atoms with van der Waals surface area (Å²) in [4.78, 5) is 11.2. The number of carbonyl (C=O) groups is 1. The van der Waals surface area contributed by atoms with Crippen LogP contribution < -0.4 is 0 Å². The number of aliphatic hydroxyl groups is 3. The van der Waals surface area contributed by atoms with Crippen LogP contribution >= 0.6 is 0 Å². The smallest absolute Gasteiger partial charge is 0.303 e. The second-order valence-corrected chi connectivity index (χ2v) is 12.6. The number of aliphatic carboxylic acids is 1. The third kappa shape index (κ3) is 3.65. The molecule has 32 heavy (non-hydrogen) atoms. The van der Waals surface area contributed by atoms with E-state index in [1.54, 1.807) is 0 Å². The standard InChI is InChI=1S/C27H46O5/c1-5-17-21-12-22(29)16(14-28)13-27(21,4)20-10-11-26(3)18(15(2)6-9-23(30)31)7-8-19(26)24(20)25(17)32/h15-22,24-25,28-29,32H,5-14H2,1-4H3,(H,30,31)/t15-,16?,17-,18-,19+,20+,21+,22?,24?,25-,26-,27-/m1/s1. The molecule has 0 spiro atoms. The second-order valence-electron chi connectivity index (χ2n) is 12.6. The van der Waals surface area contributed by atoms with Crippen molar-refractivity contribution in [2.24, 2.45) is 58.2 Å². The molecule has 4 N–H and O–H groups in total. The van der Waals surface area contributed by atoms with Crippen LogP contribution in [0.15, 0.2) is 0 Å². The van der Waals surface area contributed by atoms with Gasteiger partial charge in [-0.2, -0.15) is 0 Å². The molecule has 184 valence electrons. The Morgan fingerprint density at radius 3 is 2.38 bits per heavy atom. The van der Waals surface area contributed by atoms with E-state index >= 15 is 0 Å². The van der Waals surface area contributed by atoms with Crippen LogP contribution in [0, 0.1) is 58.2 Å². The van der Waals surface area contributed by atoms with Gasteiger partial charge in [-0.1, -0.05) is 34.1 Å². The lowest BCUT2D eigenvalue weighted by Crippen LogP contribution is -2.63. The van der Waals surface area contributed by atoms with Gasteiger partial charge in [0.2, 0.25) is 0 Å². The van der Waals surface area contributed by atoms with Crippen molar-refractivity contribution in [3.63, 3.8) is 0 Å². The first-order chi connectivity index (χ1) is 15.1. The molecule has 4 aliphatic rings. The quantitative estimate of drug-likeness (QED) is 0.483. The van der Waals surface area contributed by atoms with E-state index in [4.69, 9.17) is 0 Å². The molecule has 0 aromatic heterocycles. The summed E-state index contributed by atoms with van der Waals surface area (Å²) in [5.74, 6) is 1.91. The van der Waals surface area contributed by atoms with Crippen molar-refractivity contribution >= 4 is 5.97 Å². The largest absolute Gasteiger partial charge is 0.481 e. The summed E-state index contributed by atoms with van der Waals surface area (Å²) >= 11 is 0. The van der Waals surface area contributed by atoms with Crippen LogP contribution in [0.2, 0.25) is 0 Å². The molecule has 0 aromatic rings. The molecule has 4 fully saturated rings. The van der Waals surface area contributed by atoms with E-state index in [-0.39, 0.29) is 47.7 Å². The molecule has 4 rings (SSSR count). The highest BCUT2D eigenvalue weighted by molar-refractivity contribution is 5.66. The zero-order valence-electron chi connectivity index (χ0n) is 20.5. The van der Waals surface area contributed by atoms with Crippen LogP contribution in [-0.4, -0.2) is 45.2 Å². The van der Waals surface area contributed by atoms with Gasteiger partial charge in [-0.3, -0.25) is 4.79 Å². The lowest BCUT2D eigenvalue weighted by Gasteiger charge is -2.65. The Morgan fingerprint density at radius 1 is 1.06 bits per heavy atom. The zero-order chi connectivity index (χ0) is 23.4. The van der Waals surface area contributed by atoms with Crippen molar-refractivity contribution in [1.82, 2.24) is 0 Å². The molecule has 0 amide bonds. The molecule has 4 aliphatic carbocycles. The maximum absolute atomic E-state index is 11.8. The maximum Gasteiger partial charge on any atom is 0.303 e. The number of carboxylic acids is 1. The molecule has 0 saturated heterocycles. The molecule has 0 heterocycles. The van der Waals surface area contributed by atoms with Crippen molar-refractivity contribution in [2.45, 2.75) is 97.7 Å². The minimum atomic E-state index is -0.703. The number of aliphatic hydroxyl groups excluding tert-OH is 3. The van der Waals surface area contributed by atoms with Gasteiger partial charge in [-0.15, -0.1) is 0 Å². The fourth-order valence-corrected chi connectivity index (χ4v) is 9.87. The van der Waals surface area contributed by atoms with Crippen LogP contribution in [0.4, 0.5) is 0 Å². The van der Waals surface area contributed by atoms with Gasteiger partial charge in [-0.05, 0) is 97.2 Å². The van der Waals surface area contributed by atoms with E-state index in [1.807, 2.05) is 0 Å². The van der Waals surface area contributed by atoms with Gasteiger partial charge in [0.1, 0.15) is 0 Å². The maximum atomic E-state index is 11.8. The third-order valence-corrected chi connectivity index (χ3v) is 11.4. The van der Waals surface area contributed by atoms with E-state index in [1.165, 1.54) is 0 Å². The van der Waals surface area contributed by atoms with E-state index in [9.17, 15) is 25.2 Å².